The predicted molar refractivity (Wildman–Crippen MR) is 77.8 cm³/mol. The van der Waals surface area contributed by atoms with Crippen molar-refractivity contribution in [1.82, 2.24) is 10.3 Å². The van der Waals surface area contributed by atoms with E-state index in [1.165, 1.54) is 0 Å². The van der Waals surface area contributed by atoms with Gasteiger partial charge in [-0.2, -0.15) is 0 Å². The first kappa shape index (κ1) is 17.1. The lowest BCUT2D eigenvalue weighted by molar-refractivity contribution is -0.155. The van der Waals surface area contributed by atoms with Gasteiger partial charge in [-0.1, -0.05) is 6.07 Å². The van der Waals surface area contributed by atoms with Crippen LogP contribution in [-0.2, 0) is 14.3 Å². The fourth-order valence-corrected chi connectivity index (χ4v) is 1.80. The number of carbonyl (C=O) groups excluding carboxylic acids is 1. The molecule has 0 amide bonds. The van der Waals surface area contributed by atoms with Crippen molar-refractivity contribution in [2.45, 2.75) is 45.8 Å². The minimum absolute atomic E-state index is 0.0288. The maximum Gasteiger partial charge on any atom is 0.317 e. The molecule has 0 aliphatic rings. The average molecular weight is 294 g/mol. The number of aromatic nitrogens is 1. The highest BCUT2D eigenvalue weighted by atomic mass is 16.6. The molecule has 0 aromatic carbocycles. The van der Waals surface area contributed by atoms with E-state index in [0.717, 1.165) is 5.69 Å². The fourth-order valence-electron chi connectivity index (χ4n) is 1.80. The number of hydrogen-bond donors (Lipinski definition) is 2. The van der Waals surface area contributed by atoms with Crippen LogP contribution in [0.5, 0.6) is 0 Å². The Morgan fingerprint density at radius 1 is 1.38 bits per heavy atom. The highest BCUT2D eigenvalue weighted by molar-refractivity contribution is 5.71. The second-order valence-corrected chi connectivity index (χ2v) is 5.82. The maximum absolute atomic E-state index is 11.9. The number of hydrogen-bond acceptors (Lipinski definition) is 5. The van der Waals surface area contributed by atoms with E-state index >= 15 is 0 Å². The van der Waals surface area contributed by atoms with E-state index in [2.05, 4.69) is 10.3 Å². The molecule has 0 fully saturated rings. The molecule has 1 rings (SSSR count). The van der Waals surface area contributed by atoms with E-state index in [1.807, 2.05) is 19.1 Å². The molecule has 1 atom stereocenters. The number of carbonyl (C=O) groups is 2. The third kappa shape index (κ3) is 6.85. The minimum Gasteiger partial charge on any atom is -0.480 e. The summed E-state index contributed by atoms with van der Waals surface area (Å²) in [5, 5.41) is 11.6. The molecule has 0 saturated carbocycles. The number of aryl methyl sites for hydroxylation is 1. The van der Waals surface area contributed by atoms with Gasteiger partial charge >= 0.3 is 11.9 Å². The van der Waals surface area contributed by atoms with Gasteiger partial charge in [-0.3, -0.25) is 19.9 Å². The zero-order valence-corrected chi connectivity index (χ0v) is 12.8. The Kier molecular flexibility index (Phi) is 5.84. The van der Waals surface area contributed by atoms with Crippen LogP contribution in [-0.4, -0.2) is 34.2 Å². The predicted octanol–water partition coefficient (Wildman–Crippen LogP) is 1.84. The second kappa shape index (κ2) is 7.17. The second-order valence-electron chi connectivity index (χ2n) is 5.82. The summed E-state index contributed by atoms with van der Waals surface area (Å²) in [5.41, 5.74) is 0.856. The van der Waals surface area contributed by atoms with Crippen LogP contribution in [0.3, 0.4) is 0 Å². The van der Waals surface area contributed by atoms with Gasteiger partial charge in [0.15, 0.2) is 0 Å². The summed E-state index contributed by atoms with van der Waals surface area (Å²) in [5.74, 6) is -1.38. The van der Waals surface area contributed by atoms with Crippen LogP contribution in [0, 0.1) is 6.92 Å². The standard InChI is InChI=1S/C15H22N2O4/c1-10-6-5-7-11(17-10)12(16-9-13(18)19)8-14(20)21-15(2,3)4/h5-7,12,16H,8-9H2,1-4H3,(H,18,19). The number of carboxylic acid groups (broad SMARTS) is 1. The van der Waals surface area contributed by atoms with E-state index in [9.17, 15) is 9.59 Å². The van der Waals surface area contributed by atoms with Crippen molar-refractivity contribution in [1.29, 1.82) is 0 Å². The molecule has 0 saturated heterocycles. The normalized spacial score (nSPS) is 12.8. The summed E-state index contributed by atoms with van der Waals surface area (Å²) in [7, 11) is 0. The van der Waals surface area contributed by atoms with Crippen LogP contribution in [0.25, 0.3) is 0 Å². The molecule has 116 valence electrons. The van der Waals surface area contributed by atoms with Gasteiger partial charge in [0.1, 0.15) is 5.60 Å². The maximum atomic E-state index is 11.9. The molecule has 21 heavy (non-hydrogen) atoms. The summed E-state index contributed by atoms with van der Waals surface area (Å²) in [4.78, 5) is 27.0. The first-order valence-corrected chi connectivity index (χ1v) is 6.78. The Labute approximate surface area is 124 Å². The van der Waals surface area contributed by atoms with Gasteiger partial charge in [0.05, 0.1) is 24.7 Å². The Morgan fingerprint density at radius 3 is 2.57 bits per heavy atom. The molecule has 1 aromatic rings. The van der Waals surface area contributed by atoms with Gasteiger partial charge < -0.3 is 9.84 Å². The third-order valence-electron chi connectivity index (χ3n) is 2.56. The Hall–Kier alpha value is -1.95. The molecule has 0 radical (unpaired) electrons. The third-order valence-corrected chi connectivity index (χ3v) is 2.56. The summed E-state index contributed by atoms with van der Waals surface area (Å²) >= 11 is 0. The van der Waals surface area contributed by atoms with Crippen molar-refractivity contribution in [2.75, 3.05) is 6.54 Å². The average Bonchev–Trinajstić information content (AvgIpc) is 2.32. The highest BCUT2D eigenvalue weighted by Gasteiger charge is 2.22. The molecule has 6 heteroatoms. The molecule has 1 heterocycles. The monoisotopic (exact) mass is 294 g/mol. The highest BCUT2D eigenvalue weighted by Crippen LogP contribution is 2.18. The summed E-state index contributed by atoms with van der Waals surface area (Å²) < 4.78 is 5.27. The first-order valence-electron chi connectivity index (χ1n) is 6.78. The van der Waals surface area contributed by atoms with Crippen molar-refractivity contribution in [3.05, 3.63) is 29.6 Å². The number of rotatable bonds is 6. The van der Waals surface area contributed by atoms with Gasteiger partial charge in [0.2, 0.25) is 0 Å². The number of ether oxygens (including phenoxy) is 1. The van der Waals surface area contributed by atoms with Gasteiger partial charge in [-0.15, -0.1) is 0 Å². The summed E-state index contributed by atoms with van der Waals surface area (Å²) in [6.45, 7) is 6.95. The molecule has 0 aliphatic carbocycles. The zero-order chi connectivity index (χ0) is 16.0. The number of nitrogens with zero attached hydrogens (tertiary/aromatic N) is 1. The smallest absolute Gasteiger partial charge is 0.317 e. The van der Waals surface area contributed by atoms with Gasteiger partial charge in [-0.25, -0.2) is 0 Å². The number of aliphatic carboxylic acids is 1. The van der Waals surface area contributed by atoms with E-state index < -0.39 is 23.6 Å². The Morgan fingerprint density at radius 2 is 2.05 bits per heavy atom. The SMILES string of the molecule is Cc1cccc(C(CC(=O)OC(C)(C)C)NCC(=O)O)n1. The lowest BCUT2D eigenvalue weighted by atomic mass is 10.1. The first-order chi connectivity index (χ1) is 9.67. The van der Waals surface area contributed by atoms with E-state index in [1.54, 1.807) is 26.8 Å². The number of esters is 1. The minimum atomic E-state index is -0.989. The molecular formula is C15H22N2O4. The number of carboxylic acids is 1. The van der Waals surface area contributed by atoms with Gasteiger partial charge in [0, 0.05) is 5.69 Å². The van der Waals surface area contributed by atoms with Crippen LogP contribution in [0.1, 0.15) is 44.6 Å². The van der Waals surface area contributed by atoms with E-state index in [0.29, 0.717) is 5.69 Å². The van der Waals surface area contributed by atoms with E-state index in [4.69, 9.17) is 9.84 Å². The topological polar surface area (TPSA) is 88.5 Å². The quantitative estimate of drug-likeness (QED) is 0.778. The van der Waals surface area contributed by atoms with Crippen LogP contribution < -0.4 is 5.32 Å². The van der Waals surface area contributed by atoms with Crippen molar-refractivity contribution >= 4 is 11.9 Å². The molecule has 1 unspecified atom stereocenters. The summed E-state index contributed by atoms with van der Waals surface area (Å²) in [6, 6.07) is 4.93. The Balaban J connectivity index is 2.82. The molecule has 6 nitrogen and oxygen atoms in total. The van der Waals surface area contributed by atoms with Gasteiger partial charge in [0.25, 0.3) is 0 Å². The van der Waals surface area contributed by atoms with Crippen LogP contribution in [0.15, 0.2) is 18.2 Å². The van der Waals surface area contributed by atoms with Crippen LogP contribution in [0.4, 0.5) is 0 Å². The Bertz CT molecular complexity index is 509. The zero-order valence-electron chi connectivity index (χ0n) is 12.8. The lowest BCUT2D eigenvalue weighted by Crippen LogP contribution is -2.32. The fraction of sp³-hybridized carbons (Fsp3) is 0.533. The summed E-state index contributed by atoms with van der Waals surface area (Å²) in [6.07, 6.45) is 0.0288. The van der Waals surface area contributed by atoms with Gasteiger partial charge in [-0.05, 0) is 39.8 Å². The largest absolute Gasteiger partial charge is 0.480 e. The molecule has 1 aromatic heterocycles. The van der Waals surface area contributed by atoms with Crippen molar-refractivity contribution < 1.29 is 19.4 Å². The number of nitrogens with one attached hydrogen (secondary N) is 1. The lowest BCUT2D eigenvalue weighted by Gasteiger charge is -2.22. The van der Waals surface area contributed by atoms with Crippen molar-refractivity contribution in [3.63, 3.8) is 0 Å². The van der Waals surface area contributed by atoms with Crippen LogP contribution in [0.2, 0.25) is 0 Å². The van der Waals surface area contributed by atoms with Crippen LogP contribution >= 0.6 is 0 Å². The molecule has 0 bridgehead atoms. The molecule has 2 N–H and O–H groups in total. The molecule has 0 spiro atoms. The number of pyridine rings is 1. The van der Waals surface area contributed by atoms with E-state index in [-0.39, 0.29) is 13.0 Å². The van der Waals surface area contributed by atoms with Crippen molar-refractivity contribution in [3.8, 4) is 0 Å². The molecular weight excluding hydrogens is 272 g/mol. The molecule has 0 aliphatic heterocycles. The van der Waals surface area contributed by atoms with Crippen molar-refractivity contribution in [2.24, 2.45) is 0 Å².